The van der Waals surface area contributed by atoms with Gasteiger partial charge in [0, 0.05) is 30.0 Å². The lowest BCUT2D eigenvalue weighted by atomic mass is 9.74. The van der Waals surface area contributed by atoms with Crippen molar-refractivity contribution in [2.45, 2.75) is 58.0 Å². The number of rotatable bonds is 4. The second kappa shape index (κ2) is 6.69. The molecular weight excluding hydrogens is 274 g/mol. The molecule has 1 aromatic carbocycles. The molecule has 122 valence electrons. The first-order valence-electron chi connectivity index (χ1n) is 8.24. The maximum absolute atomic E-state index is 12.6. The van der Waals surface area contributed by atoms with Gasteiger partial charge in [0.15, 0.2) is 0 Å². The first-order valence-corrected chi connectivity index (χ1v) is 8.24. The van der Waals surface area contributed by atoms with E-state index < -0.39 is 5.54 Å². The van der Waals surface area contributed by atoms with Crippen molar-refractivity contribution in [1.29, 1.82) is 0 Å². The average Bonchev–Trinajstić information content (AvgIpc) is 2.46. The molecule has 0 aromatic heterocycles. The van der Waals surface area contributed by atoms with Crippen LogP contribution < -0.4 is 16.0 Å². The van der Waals surface area contributed by atoms with E-state index in [1.165, 1.54) is 0 Å². The van der Waals surface area contributed by atoms with Crippen molar-refractivity contribution in [3.8, 4) is 0 Å². The highest BCUT2D eigenvalue weighted by atomic mass is 16.1. The summed E-state index contributed by atoms with van der Waals surface area (Å²) in [5.41, 5.74) is 7.88. The molecule has 22 heavy (non-hydrogen) atoms. The Kier molecular flexibility index (Phi) is 5.12. The van der Waals surface area contributed by atoms with Gasteiger partial charge in [0.1, 0.15) is 0 Å². The maximum atomic E-state index is 12.6. The van der Waals surface area contributed by atoms with Crippen molar-refractivity contribution >= 4 is 17.3 Å². The van der Waals surface area contributed by atoms with Gasteiger partial charge in [-0.25, -0.2) is 0 Å². The third kappa shape index (κ3) is 3.80. The van der Waals surface area contributed by atoms with Crippen LogP contribution in [-0.2, 0) is 4.79 Å². The van der Waals surface area contributed by atoms with E-state index in [1.54, 1.807) is 0 Å². The number of carbonyl (C=O) groups excluding carboxylic acids is 1. The summed E-state index contributed by atoms with van der Waals surface area (Å²) >= 11 is 0. The van der Waals surface area contributed by atoms with Gasteiger partial charge in [0.2, 0.25) is 5.91 Å². The number of carbonyl (C=O) groups is 1. The number of nitrogens with one attached hydrogen (secondary N) is 1. The Hall–Kier alpha value is -1.55. The molecule has 0 heterocycles. The summed E-state index contributed by atoms with van der Waals surface area (Å²) in [5.74, 6) is -0.0539. The molecular formula is C18H29N3O. The van der Waals surface area contributed by atoms with Gasteiger partial charge in [-0.05, 0) is 51.8 Å². The van der Waals surface area contributed by atoms with Crippen molar-refractivity contribution < 1.29 is 4.79 Å². The summed E-state index contributed by atoms with van der Waals surface area (Å²) in [7, 11) is 2.06. The number of amides is 1. The van der Waals surface area contributed by atoms with Crippen LogP contribution in [0.5, 0.6) is 0 Å². The van der Waals surface area contributed by atoms with E-state index >= 15 is 0 Å². The molecule has 0 radical (unpaired) electrons. The van der Waals surface area contributed by atoms with Gasteiger partial charge >= 0.3 is 0 Å². The first-order chi connectivity index (χ1) is 10.3. The minimum atomic E-state index is -0.394. The normalized spacial score (nSPS) is 25.1. The van der Waals surface area contributed by atoms with Crippen molar-refractivity contribution in [1.82, 2.24) is 0 Å². The predicted octanol–water partition coefficient (Wildman–Crippen LogP) is 3.38. The Bertz CT molecular complexity index is 525. The third-order valence-corrected chi connectivity index (χ3v) is 4.87. The van der Waals surface area contributed by atoms with Crippen LogP contribution in [-0.4, -0.2) is 24.5 Å². The molecule has 1 aromatic rings. The van der Waals surface area contributed by atoms with Gasteiger partial charge in [-0.3, -0.25) is 4.79 Å². The van der Waals surface area contributed by atoms with Gasteiger partial charge in [-0.2, -0.15) is 0 Å². The lowest BCUT2D eigenvalue weighted by Crippen LogP contribution is -2.51. The monoisotopic (exact) mass is 303 g/mol. The number of nitrogens with zero attached hydrogens (tertiary/aromatic N) is 1. The average molecular weight is 303 g/mol. The van der Waals surface area contributed by atoms with Crippen LogP contribution in [0, 0.1) is 5.92 Å². The summed E-state index contributed by atoms with van der Waals surface area (Å²) < 4.78 is 0. The van der Waals surface area contributed by atoms with Crippen LogP contribution in [0.4, 0.5) is 11.4 Å². The third-order valence-electron chi connectivity index (χ3n) is 4.87. The maximum Gasteiger partial charge on any atom is 0.229 e. The van der Waals surface area contributed by atoms with Crippen molar-refractivity contribution in [3.05, 3.63) is 24.3 Å². The highest BCUT2D eigenvalue weighted by molar-refractivity contribution is 5.94. The minimum absolute atomic E-state index is 0.0500. The molecule has 1 amide bonds. The standard InChI is InChI=1S/C18H29N3O/c1-13(2)21(4)15-9-7-8-14(12-15)20-17(22)16-10-5-6-11-18(16,3)19/h7-9,12-13,16H,5-6,10-11,19H2,1-4H3,(H,20,22). The number of hydrogen-bond acceptors (Lipinski definition) is 3. The van der Waals surface area contributed by atoms with Gasteiger partial charge in [0.05, 0.1) is 5.92 Å². The lowest BCUT2D eigenvalue weighted by Gasteiger charge is -2.37. The van der Waals surface area contributed by atoms with Gasteiger partial charge < -0.3 is 16.0 Å². The Morgan fingerprint density at radius 3 is 2.77 bits per heavy atom. The van der Waals surface area contributed by atoms with Crippen LogP contribution in [0.3, 0.4) is 0 Å². The van der Waals surface area contributed by atoms with Crippen molar-refractivity contribution in [2.75, 3.05) is 17.3 Å². The Morgan fingerprint density at radius 1 is 1.41 bits per heavy atom. The number of benzene rings is 1. The zero-order chi connectivity index (χ0) is 16.3. The fourth-order valence-electron chi connectivity index (χ4n) is 3.12. The molecule has 3 N–H and O–H groups in total. The number of nitrogens with two attached hydrogens (primary N) is 1. The van der Waals surface area contributed by atoms with E-state index in [4.69, 9.17) is 5.73 Å². The van der Waals surface area contributed by atoms with E-state index in [2.05, 4.69) is 37.2 Å². The molecule has 1 fully saturated rings. The summed E-state index contributed by atoms with van der Waals surface area (Å²) in [6.45, 7) is 6.29. The zero-order valence-electron chi connectivity index (χ0n) is 14.2. The van der Waals surface area contributed by atoms with Crippen LogP contribution in [0.1, 0.15) is 46.5 Å². The second-order valence-electron chi connectivity index (χ2n) is 7.05. The minimum Gasteiger partial charge on any atom is -0.372 e. The molecule has 0 saturated heterocycles. The Balaban J connectivity index is 2.10. The summed E-state index contributed by atoms with van der Waals surface area (Å²) in [6.07, 6.45) is 4.00. The molecule has 2 atom stereocenters. The van der Waals surface area contributed by atoms with E-state index in [9.17, 15) is 4.79 Å². The number of anilines is 2. The molecule has 4 nitrogen and oxygen atoms in total. The summed E-state index contributed by atoms with van der Waals surface area (Å²) in [6, 6.07) is 8.41. The number of hydrogen-bond donors (Lipinski definition) is 2. The fraction of sp³-hybridized carbons (Fsp3) is 0.611. The Labute approximate surface area is 134 Å². The van der Waals surface area contributed by atoms with Gasteiger partial charge in [0.25, 0.3) is 0 Å². The quantitative estimate of drug-likeness (QED) is 0.896. The molecule has 1 aliphatic carbocycles. The summed E-state index contributed by atoms with van der Waals surface area (Å²) in [4.78, 5) is 14.8. The molecule has 1 saturated carbocycles. The van der Waals surface area contributed by atoms with E-state index in [1.807, 2.05) is 25.1 Å². The van der Waals surface area contributed by atoms with Crippen LogP contribution in [0.2, 0.25) is 0 Å². The van der Waals surface area contributed by atoms with Crippen LogP contribution >= 0.6 is 0 Å². The smallest absolute Gasteiger partial charge is 0.229 e. The zero-order valence-corrected chi connectivity index (χ0v) is 14.2. The van der Waals surface area contributed by atoms with Crippen molar-refractivity contribution in [3.63, 3.8) is 0 Å². The molecule has 1 aliphatic rings. The van der Waals surface area contributed by atoms with E-state index in [0.29, 0.717) is 6.04 Å². The topological polar surface area (TPSA) is 58.4 Å². The molecule has 2 rings (SSSR count). The molecule has 4 heteroatoms. The Morgan fingerprint density at radius 2 is 2.14 bits per heavy atom. The van der Waals surface area contributed by atoms with Crippen LogP contribution in [0.25, 0.3) is 0 Å². The van der Waals surface area contributed by atoms with Gasteiger partial charge in [-0.15, -0.1) is 0 Å². The van der Waals surface area contributed by atoms with Crippen molar-refractivity contribution in [2.24, 2.45) is 11.7 Å². The lowest BCUT2D eigenvalue weighted by molar-refractivity contribution is -0.122. The van der Waals surface area contributed by atoms with E-state index in [-0.39, 0.29) is 11.8 Å². The highest BCUT2D eigenvalue weighted by Gasteiger charge is 2.37. The molecule has 2 unspecified atom stereocenters. The second-order valence-corrected chi connectivity index (χ2v) is 7.05. The molecule has 0 bridgehead atoms. The largest absolute Gasteiger partial charge is 0.372 e. The van der Waals surface area contributed by atoms with Gasteiger partial charge in [-0.1, -0.05) is 18.9 Å². The van der Waals surface area contributed by atoms with E-state index in [0.717, 1.165) is 37.1 Å². The SMILES string of the molecule is CC(C)N(C)c1cccc(NC(=O)C2CCCCC2(C)N)c1. The molecule has 0 spiro atoms. The predicted molar refractivity (Wildman–Crippen MR) is 93.2 cm³/mol. The van der Waals surface area contributed by atoms with Crippen LogP contribution in [0.15, 0.2) is 24.3 Å². The molecule has 0 aliphatic heterocycles. The fourth-order valence-corrected chi connectivity index (χ4v) is 3.12. The highest BCUT2D eigenvalue weighted by Crippen LogP contribution is 2.32. The first kappa shape index (κ1) is 16.8. The summed E-state index contributed by atoms with van der Waals surface area (Å²) in [5, 5.41) is 3.06.